The number of benzene rings is 3. The molecule has 29 heavy (non-hydrogen) atoms. The number of ether oxygens (including phenoxy) is 1. The van der Waals surface area contributed by atoms with Crippen LogP contribution in [0.1, 0.15) is 54.7 Å². The summed E-state index contributed by atoms with van der Waals surface area (Å²) in [6.45, 7) is 6.61. The van der Waals surface area contributed by atoms with Crippen molar-refractivity contribution in [3.8, 4) is 5.75 Å². The summed E-state index contributed by atoms with van der Waals surface area (Å²) in [5.41, 5.74) is 4.16. The Hall–Kier alpha value is -3.07. The monoisotopic (exact) mass is 387 g/mol. The minimum atomic E-state index is -0.120. The zero-order valence-corrected chi connectivity index (χ0v) is 17.6. The first kappa shape index (κ1) is 20.7. The van der Waals surface area contributed by atoms with E-state index in [1.54, 1.807) is 7.11 Å². The number of hydrogen-bond acceptors (Lipinski definition) is 3. The number of rotatable bonds is 7. The van der Waals surface area contributed by atoms with Gasteiger partial charge in [0, 0.05) is 17.7 Å². The molecule has 0 saturated heterocycles. The van der Waals surface area contributed by atoms with Crippen molar-refractivity contribution in [2.24, 2.45) is 0 Å². The summed E-state index contributed by atoms with van der Waals surface area (Å²) >= 11 is 0. The van der Waals surface area contributed by atoms with Crippen molar-refractivity contribution < 1.29 is 9.53 Å². The molecule has 0 aromatic heterocycles. The second kappa shape index (κ2) is 8.95. The van der Waals surface area contributed by atoms with Crippen molar-refractivity contribution in [2.45, 2.75) is 38.6 Å². The highest BCUT2D eigenvalue weighted by atomic mass is 16.5. The molecule has 0 aliphatic heterocycles. The fraction of sp³-hybridized carbons (Fsp3) is 0.269. The number of carbonyl (C=O) groups is 1. The highest BCUT2D eigenvalue weighted by Crippen LogP contribution is 2.28. The van der Waals surface area contributed by atoms with Gasteiger partial charge in [0.25, 0.3) is 0 Å². The lowest BCUT2D eigenvalue weighted by atomic mass is 9.86. The number of ketones is 1. The molecule has 3 rings (SSSR count). The van der Waals surface area contributed by atoms with E-state index in [2.05, 4.69) is 50.4 Å². The third kappa shape index (κ3) is 5.47. The van der Waals surface area contributed by atoms with Crippen LogP contribution in [0.4, 0.5) is 5.69 Å². The first-order valence-corrected chi connectivity index (χ1v) is 9.96. The third-order valence-corrected chi connectivity index (χ3v) is 5.10. The molecule has 3 aromatic rings. The molecule has 0 bridgehead atoms. The lowest BCUT2D eigenvalue weighted by Gasteiger charge is -2.23. The van der Waals surface area contributed by atoms with Gasteiger partial charge in [0.1, 0.15) is 5.75 Å². The van der Waals surface area contributed by atoms with Gasteiger partial charge in [-0.3, -0.25) is 4.79 Å². The van der Waals surface area contributed by atoms with Gasteiger partial charge >= 0.3 is 0 Å². The van der Waals surface area contributed by atoms with Crippen LogP contribution in [0, 0.1) is 0 Å². The van der Waals surface area contributed by atoms with E-state index in [1.807, 2.05) is 54.6 Å². The highest BCUT2D eigenvalue weighted by molar-refractivity contribution is 5.96. The molecule has 3 heteroatoms. The molecule has 0 unspecified atom stereocenters. The lowest BCUT2D eigenvalue weighted by Crippen LogP contribution is -2.17. The van der Waals surface area contributed by atoms with Crippen molar-refractivity contribution >= 4 is 11.5 Å². The topological polar surface area (TPSA) is 38.3 Å². The number of nitrogens with one attached hydrogen (secondary N) is 1. The quantitative estimate of drug-likeness (QED) is 0.475. The van der Waals surface area contributed by atoms with Crippen molar-refractivity contribution in [3.05, 3.63) is 95.6 Å². The zero-order valence-electron chi connectivity index (χ0n) is 17.6. The Labute approximate surface area is 173 Å². The first-order chi connectivity index (χ1) is 13.9. The zero-order chi connectivity index (χ0) is 20.9. The summed E-state index contributed by atoms with van der Waals surface area (Å²) in [6.07, 6.45) is 0.380. The maximum Gasteiger partial charge on any atom is 0.165 e. The number of carbonyl (C=O) groups excluding carboxylic acids is 1. The Morgan fingerprint density at radius 2 is 1.52 bits per heavy atom. The van der Waals surface area contributed by atoms with Crippen molar-refractivity contribution in [2.75, 3.05) is 12.4 Å². The Balaban J connectivity index is 1.86. The maximum absolute atomic E-state index is 12.9. The van der Waals surface area contributed by atoms with Crippen LogP contribution in [0.15, 0.2) is 78.9 Å². The molecule has 1 atom stereocenters. The van der Waals surface area contributed by atoms with Crippen LogP contribution in [0.5, 0.6) is 5.75 Å². The molecule has 3 aromatic carbocycles. The molecule has 1 N–H and O–H groups in total. The largest absolute Gasteiger partial charge is 0.497 e. The Morgan fingerprint density at radius 1 is 0.897 bits per heavy atom. The van der Waals surface area contributed by atoms with Crippen LogP contribution in [-0.2, 0) is 5.41 Å². The summed E-state index contributed by atoms with van der Waals surface area (Å²) in [6, 6.07) is 25.7. The summed E-state index contributed by atoms with van der Waals surface area (Å²) < 4.78 is 5.24. The maximum atomic E-state index is 12.9. The van der Waals surface area contributed by atoms with Crippen LogP contribution >= 0.6 is 0 Å². The second-order valence-corrected chi connectivity index (χ2v) is 8.29. The van der Waals surface area contributed by atoms with Gasteiger partial charge in [-0.1, -0.05) is 75.4 Å². The van der Waals surface area contributed by atoms with Gasteiger partial charge in [-0.15, -0.1) is 0 Å². The van der Waals surface area contributed by atoms with Crippen molar-refractivity contribution in [1.29, 1.82) is 0 Å². The van der Waals surface area contributed by atoms with E-state index in [9.17, 15) is 4.79 Å². The number of methoxy groups -OCH3 is 1. The minimum Gasteiger partial charge on any atom is -0.497 e. The highest BCUT2D eigenvalue weighted by Gasteiger charge is 2.19. The molecule has 0 amide bonds. The van der Waals surface area contributed by atoms with Crippen LogP contribution in [0.3, 0.4) is 0 Å². The number of Topliss-reactive ketones (excluding diaryl/α,β-unsaturated/α-hetero) is 1. The van der Waals surface area contributed by atoms with E-state index in [0.29, 0.717) is 6.42 Å². The van der Waals surface area contributed by atoms with Gasteiger partial charge in [0.05, 0.1) is 13.2 Å². The summed E-state index contributed by atoms with van der Waals surface area (Å²) in [4.78, 5) is 12.9. The Kier molecular flexibility index (Phi) is 6.38. The van der Waals surface area contributed by atoms with E-state index < -0.39 is 0 Å². The van der Waals surface area contributed by atoms with Gasteiger partial charge in [0.2, 0.25) is 0 Å². The van der Waals surface area contributed by atoms with Crippen LogP contribution < -0.4 is 10.1 Å². The normalized spacial score (nSPS) is 12.3. The average molecular weight is 388 g/mol. The molecular weight excluding hydrogens is 358 g/mol. The minimum absolute atomic E-state index is 0.0945. The predicted octanol–water partition coefficient (Wildman–Crippen LogP) is 6.42. The van der Waals surface area contributed by atoms with E-state index in [4.69, 9.17) is 4.74 Å². The van der Waals surface area contributed by atoms with Gasteiger partial charge in [-0.05, 0) is 40.8 Å². The second-order valence-electron chi connectivity index (χ2n) is 8.29. The van der Waals surface area contributed by atoms with Crippen molar-refractivity contribution in [3.63, 3.8) is 0 Å². The summed E-state index contributed by atoms with van der Waals surface area (Å²) in [5.74, 6) is 0.929. The van der Waals surface area contributed by atoms with Gasteiger partial charge in [-0.25, -0.2) is 0 Å². The molecule has 3 nitrogen and oxygen atoms in total. The number of hydrogen-bond donors (Lipinski definition) is 1. The fourth-order valence-electron chi connectivity index (χ4n) is 3.28. The van der Waals surface area contributed by atoms with E-state index in [-0.39, 0.29) is 17.2 Å². The molecule has 0 radical (unpaired) electrons. The van der Waals surface area contributed by atoms with Crippen LogP contribution in [-0.4, -0.2) is 12.9 Å². The van der Waals surface area contributed by atoms with Gasteiger partial charge in [-0.2, -0.15) is 0 Å². The van der Waals surface area contributed by atoms with Gasteiger partial charge < -0.3 is 10.1 Å². The summed E-state index contributed by atoms with van der Waals surface area (Å²) in [5, 5.41) is 3.53. The third-order valence-electron chi connectivity index (χ3n) is 5.10. The first-order valence-electron chi connectivity index (χ1n) is 9.96. The molecule has 0 aliphatic carbocycles. The Bertz CT molecular complexity index is 923. The molecular formula is C26H29NO2. The SMILES string of the molecule is COc1ccc(N[C@H](CC(=O)c2ccccc2)c2ccc(C(C)(C)C)cc2)cc1. The molecule has 0 saturated carbocycles. The molecule has 0 fully saturated rings. The fourth-order valence-corrected chi connectivity index (χ4v) is 3.28. The summed E-state index contributed by atoms with van der Waals surface area (Å²) in [7, 11) is 1.65. The van der Waals surface area contributed by atoms with E-state index >= 15 is 0 Å². The number of anilines is 1. The predicted molar refractivity (Wildman–Crippen MR) is 120 cm³/mol. The van der Waals surface area contributed by atoms with Crippen LogP contribution in [0.25, 0.3) is 0 Å². The molecule has 0 spiro atoms. The molecule has 0 heterocycles. The molecule has 150 valence electrons. The molecule has 0 aliphatic rings. The van der Waals surface area contributed by atoms with E-state index in [0.717, 1.165) is 22.6 Å². The Morgan fingerprint density at radius 3 is 2.07 bits per heavy atom. The van der Waals surface area contributed by atoms with Crippen molar-refractivity contribution in [1.82, 2.24) is 0 Å². The van der Waals surface area contributed by atoms with E-state index in [1.165, 1.54) is 5.56 Å². The standard InChI is InChI=1S/C26H29NO2/c1-26(2,3)21-12-10-19(11-13-21)24(18-25(28)20-8-6-5-7-9-20)27-22-14-16-23(29-4)17-15-22/h5-17,24,27H,18H2,1-4H3/t24-/m1/s1. The average Bonchev–Trinajstić information content (AvgIpc) is 2.74. The lowest BCUT2D eigenvalue weighted by molar-refractivity contribution is 0.0976. The van der Waals surface area contributed by atoms with Crippen LogP contribution in [0.2, 0.25) is 0 Å². The smallest absolute Gasteiger partial charge is 0.165 e. The van der Waals surface area contributed by atoms with Gasteiger partial charge in [0.15, 0.2) is 5.78 Å².